The largest absolute Gasteiger partial charge is 0.353 e. The quantitative estimate of drug-likeness (QED) is 0.664. The van der Waals surface area contributed by atoms with Gasteiger partial charge in [-0.1, -0.05) is 37.1 Å². The number of nitrogens with two attached hydrogens (primary N) is 1. The topological polar surface area (TPSA) is 84.2 Å². The van der Waals surface area contributed by atoms with E-state index in [2.05, 4.69) is 10.6 Å². The van der Waals surface area contributed by atoms with Crippen LogP contribution in [0, 0.1) is 0 Å². The van der Waals surface area contributed by atoms with E-state index in [1.807, 2.05) is 6.92 Å². The Morgan fingerprint density at radius 3 is 2.55 bits per heavy atom. The zero-order chi connectivity index (χ0) is 15.0. The fourth-order valence-corrected chi connectivity index (χ4v) is 1.90. The Morgan fingerprint density at radius 2 is 1.90 bits per heavy atom. The van der Waals surface area contributed by atoms with Crippen molar-refractivity contribution in [1.29, 1.82) is 0 Å². The third-order valence-electron chi connectivity index (χ3n) is 2.76. The maximum Gasteiger partial charge on any atom is 0.252 e. The van der Waals surface area contributed by atoms with Gasteiger partial charge in [0.05, 0.1) is 16.6 Å². The molecule has 1 aromatic carbocycles. The predicted octanol–water partition coefficient (Wildman–Crippen LogP) is 1.31. The van der Waals surface area contributed by atoms with Crippen LogP contribution < -0.4 is 16.4 Å². The molecule has 0 aliphatic rings. The van der Waals surface area contributed by atoms with Crippen molar-refractivity contribution in [2.75, 3.05) is 13.1 Å². The Balaban J connectivity index is 2.30. The minimum atomic E-state index is -0.487. The smallest absolute Gasteiger partial charge is 0.252 e. The van der Waals surface area contributed by atoms with Gasteiger partial charge in [0.15, 0.2) is 0 Å². The normalized spacial score (nSPS) is 11.8. The maximum atomic E-state index is 11.8. The highest BCUT2D eigenvalue weighted by Gasteiger charge is 2.12. The molecule has 0 fully saturated rings. The first kappa shape index (κ1) is 16.5. The Labute approximate surface area is 123 Å². The molecule has 0 heterocycles. The third kappa shape index (κ3) is 5.19. The van der Waals surface area contributed by atoms with E-state index in [0.717, 1.165) is 6.42 Å². The van der Waals surface area contributed by atoms with Gasteiger partial charge in [0, 0.05) is 13.1 Å². The molecule has 110 valence electrons. The molecule has 5 nitrogen and oxygen atoms in total. The molecule has 1 unspecified atom stereocenters. The van der Waals surface area contributed by atoms with E-state index in [9.17, 15) is 9.59 Å². The summed E-state index contributed by atoms with van der Waals surface area (Å²) in [6.45, 7) is 2.64. The third-order valence-corrected chi connectivity index (χ3v) is 3.09. The van der Waals surface area contributed by atoms with Gasteiger partial charge in [-0.15, -0.1) is 0 Å². The van der Waals surface area contributed by atoms with Crippen LogP contribution in [-0.2, 0) is 4.79 Å². The number of halogens is 1. The molecule has 0 bridgehead atoms. The van der Waals surface area contributed by atoms with Crippen LogP contribution >= 0.6 is 11.6 Å². The molecule has 0 saturated heterocycles. The summed E-state index contributed by atoms with van der Waals surface area (Å²) in [5.41, 5.74) is 6.08. The SMILES string of the molecule is CCCC(N)C(=O)NCCNC(=O)c1ccccc1Cl. The predicted molar refractivity (Wildman–Crippen MR) is 79.7 cm³/mol. The molecule has 0 aliphatic carbocycles. The van der Waals surface area contributed by atoms with Crippen molar-refractivity contribution in [3.63, 3.8) is 0 Å². The summed E-state index contributed by atoms with van der Waals surface area (Å²) in [6.07, 6.45) is 1.51. The van der Waals surface area contributed by atoms with Crippen LogP contribution in [-0.4, -0.2) is 30.9 Å². The zero-order valence-corrected chi connectivity index (χ0v) is 12.2. The highest BCUT2D eigenvalue weighted by Crippen LogP contribution is 2.14. The van der Waals surface area contributed by atoms with Crippen LogP contribution in [0.1, 0.15) is 30.1 Å². The summed E-state index contributed by atoms with van der Waals surface area (Å²) in [7, 11) is 0. The van der Waals surface area contributed by atoms with E-state index in [0.29, 0.717) is 30.1 Å². The van der Waals surface area contributed by atoms with E-state index in [1.165, 1.54) is 0 Å². The summed E-state index contributed by atoms with van der Waals surface area (Å²) in [5.74, 6) is -0.457. The Bertz CT molecular complexity index is 465. The fourth-order valence-electron chi connectivity index (χ4n) is 1.68. The lowest BCUT2D eigenvalue weighted by Crippen LogP contribution is -2.43. The molecule has 4 N–H and O–H groups in total. The lowest BCUT2D eigenvalue weighted by molar-refractivity contribution is -0.122. The first-order valence-corrected chi connectivity index (χ1v) is 7.00. The number of benzene rings is 1. The molecule has 6 heteroatoms. The van der Waals surface area contributed by atoms with E-state index in [-0.39, 0.29) is 11.8 Å². The molecule has 0 radical (unpaired) electrons. The molecule has 20 heavy (non-hydrogen) atoms. The van der Waals surface area contributed by atoms with Crippen molar-refractivity contribution in [3.8, 4) is 0 Å². The Hall–Kier alpha value is -1.59. The minimum absolute atomic E-state index is 0.196. The van der Waals surface area contributed by atoms with Crippen molar-refractivity contribution in [2.24, 2.45) is 5.73 Å². The molecule has 1 atom stereocenters. The first-order valence-electron chi connectivity index (χ1n) is 6.62. The number of carbonyl (C=O) groups excluding carboxylic acids is 2. The molecule has 0 spiro atoms. The average Bonchev–Trinajstić information content (AvgIpc) is 2.43. The first-order chi connectivity index (χ1) is 9.56. The Kier molecular flexibility index (Phi) is 7.04. The van der Waals surface area contributed by atoms with Crippen molar-refractivity contribution in [1.82, 2.24) is 10.6 Å². The molecule has 0 aliphatic heterocycles. The van der Waals surface area contributed by atoms with Gasteiger partial charge >= 0.3 is 0 Å². The van der Waals surface area contributed by atoms with Gasteiger partial charge in [-0.25, -0.2) is 0 Å². The van der Waals surface area contributed by atoms with Gasteiger partial charge in [-0.05, 0) is 18.6 Å². The Morgan fingerprint density at radius 1 is 1.25 bits per heavy atom. The van der Waals surface area contributed by atoms with Crippen LogP contribution in [0.15, 0.2) is 24.3 Å². The standard InChI is InChI=1S/C14H20ClN3O2/c1-2-5-12(16)14(20)18-9-8-17-13(19)10-6-3-4-7-11(10)15/h3-4,6-7,12H,2,5,8-9,16H2,1H3,(H,17,19)(H,18,20). The van der Waals surface area contributed by atoms with Gasteiger partial charge in [0.25, 0.3) is 5.91 Å². The molecule has 1 aromatic rings. The van der Waals surface area contributed by atoms with Crippen molar-refractivity contribution in [2.45, 2.75) is 25.8 Å². The number of carbonyl (C=O) groups is 2. The molecular weight excluding hydrogens is 278 g/mol. The van der Waals surface area contributed by atoms with E-state index >= 15 is 0 Å². The monoisotopic (exact) mass is 297 g/mol. The molecule has 1 rings (SSSR count). The maximum absolute atomic E-state index is 11.8. The summed E-state index contributed by atoms with van der Waals surface area (Å²) in [6, 6.07) is 6.32. The number of amides is 2. The lowest BCUT2D eigenvalue weighted by atomic mass is 10.2. The van der Waals surface area contributed by atoms with Crippen LogP contribution in [0.2, 0.25) is 5.02 Å². The summed E-state index contributed by atoms with van der Waals surface area (Å²) in [4.78, 5) is 23.3. The van der Waals surface area contributed by atoms with Crippen molar-refractivity contribution in [3.05, 3.63) is 34.9 Å². The number of hydrogen-bond acceptors (Lipinski definition) is 3. The average molecular weight is 298 g/mol. The number of rotatable bonds is 7. The summed E-state index contributed by atoms with van der Waals surface area (Å²) < 4.78 is 0. The lowest BCUT2D eigenvalue weighted by Gasteiger charge is -2.11. The number of hydrogen-bond donors (Lipinski definition) is 3. The van der Waals surface area contributed by atoms with Crippen LogP contribution in [0.25, 0.3) is 0 Å². The highest BCUT2D eigenvalue weighted by molar-refractivity contribution is 6.33. The fraction of sp³-hybridized carbons (Fsp3) is 0.429. The zero-order valence-electron chi connectivity index (χ0n) is 11.5. The molecule has 0 aromatic heterocycles. The van der Waals surface area contributed by atoms with Gasteiger partial charge in [-0.3, -0.25) is 9.59 Å². The summed E-state index contributed by atoms with van der Waals surface area (Å²) >= 11 is 5.91. The van der Waals surface area contributed by atoms with Crippen molar-refractivity contribution >= 4 is 23.4 Å². The molecular formula is C14H20ClN3O2. The second kappa shape index (κ2) is 8.55. The van der Waals surface area contributed by atoms with Crippen LogP contribution in [0.5, 0.6) is 0 Å². The van der Waals surface area contributed by atoms with Crippen molar-refractivity contribution < 1.29 is 9.59 Å². The second-order valence-electron chi connectivity index (χ2n) is 4.42. The van der Waals surface area contributed by atoms with Gasteiger partial charge in [0.1, 0.15) is 0 Å². The van der Waals surface area contributed by atoms with E-state index in [4.69, 9.17) is 17.3 Å². The minimum Gasteiger partial charge on any atom is -0.353 e. The molecule has 0 saturated carbocycles. The highest BCUT2D eigenvalue weighted by atomic mass is 35.5. The van der Waals surface area contributed by atoms with Crippen LogP contribution in [0.4, 0.5) is 0 Å². The van der Waals surface area contributed by atoms with E-state index < -0.39 is 6.04 Å². The molecule has 2 amide bonds. The van der Waals surface area contributed by atoms with Gasteiger partial charge in [0.2, 0.25) is 5.91 Å². The van der Waals surface area contributed by atoms with Gasteiger partial charge in [-0.2, -0.15) is 0 Å². The van der Waals surface area contributed by atoms with Gasteiger partial charge < -0.3 is 16.4 Å². The van der Waals surface area contributed by atoms with E-state index in [1.54, 1.807) is 24.3 Å². The van der Waals surface area contributed by atoms with Crippen LogP contribution in [0.3, 0.4) is 0 Å². The number of nitrogens with one attached hydrogen (secondary N) is 2. The second-order valence-corrected chi connectivity index (χ2v) is 4.83. The summed E-state index contributed by atoms with van der Waals surface area (Å²) in [5, 5.41) is 5.77.